The van der Waals surface area contributed by atoms with E-state index >= 15 is 0 Å². The van der Waals surface area contributed by atoms with Crippen LogP contribution in [0.15, 0.2) is 78.2 Å². The molecule has 0 amide bonds. The van der Waals surface area contributed by atoms with Gasteiger partial charge in [0.15, 0.2) is 5.13 Å². The fraction of sp³-hybridized carbons (Fsp3) is 0. The van der Waals surface area contributed by atoms with Crippen LogP contribution in [0.5, 0.6) is 0 Å². The third kappa shape index (κ3) is 2.47. The summed E-state index contributed by atoms with van der Waals surface area (Å²) in [5, 5.41) is 8.84. The zero-order chi connectivity index (χ0) is 14.8. The van der Waals surface area contributed by atoms with E-state index in [1.807, 2.05) is 30.3 Å². The minimum atomic E-state index is 0.911. The molecule has 3 heteroatoms. The first kappa shape index (κ1) is 13.0. The van der Waals surface area contributed by atoms with Crippen LogP contribution in [0.3, 0.4) is 0 Å². The average Bonchev–Trinajstić information content (AvgIpc) is 3.03. The standard InChI is InChI=1S/C19H14N2S/c1-2-9-15(10-3-1)20-19-21-18(13-22-19)17-12-6-8-14-7-4-5-11-16(14)17/h1-13H,(H,20,21). The predicted octanol–water partition coefficient (Wildman–Crippen LogP) is 5.71. The lowest BCUT2D eigenvalue weighted by molar-refractivity contribution is 1.39. The lowest BCUT2D eigenvalue weighted by Crippen LogP contribution is -1.89. The summed E-state index contributed by atoms with van der Waals surface area (Å²) in [5.41, 5.74) is 3.25. The molecule has 0 saturated carbocycles. The summed E-state index contributed by atoms with van der Waals surface area (Å²) in [6.45, 7) is 0. The molecule has 0 aliphatic carbocycles. The monoisotopic (exact) mass is 302 g/mol. The van der Waals surface area contributed by atoms with Crippen molar-refractivity contribution in [3.63, 3.8) is 0 Å². The van der Waals surface area contributed by atoms with Gasteiger partial charge in [-0.15, -0.1) is 11.3 Å². The van der Waals surface area contributed by atoms with Gasteiger partial charge in [0.1, 0.15) is 0 Å². The number of aromatic nitrogens is 1. The first-order valence-electron chi connectivity index (χ1n) is 7.16. The van der Waals surface area contributed by atoms with Crippen LogP contribution in [0.1, 0.15) is 0 Å². The van der Waals surface area contributed by atoms with Gasteiger partial charge in [0.2, 0.25) is 0 Å². The Morgan fingerprint density at radius 3 is 2.45 bits per heavy atom. The number of hydrogen-bond donors (Lipinski definition) is 1. The molecule has 1 heterocycles. The summed E-state index contributed by atoms with van der Waals surface area (Å²) in [7, 11) is 0. The number of anilines is 2. The number of nitrogens with one attached hydrogen (secondary N) is 1. The second-order valence-corrected chi connectivity index (χ2v) is 5.91. The molecule has 1 N–H and O–H groups in total. The molecule has 4 rings (SSSR count). The number of hydrogen-bond acceptors (Lipinski definition) is 3. The van der Waals surface area contributed by atoms with Crippen molar-refractivity contribution >= 4 is 32.9 Å². The normalized spacial score (nSPS) is 10.7. The first-order valence-corrected chi connectivity index (χ1v) is 8.04. The largest absolute Gasteiger partial charge is 0.332 e. The van der Waals surface area contributed by atoms with Gasteiger partial charge in [-0.25, -0.2) is 4.98 Å². The summed E-state index contributed by atoms with van der Waals surface area (Å²) < 4.78 is 0. The summed E-state index contributed by atoms with van der Waals surface area (Å²) >= 11 is 1.63. The average molecular weight is 302 g/mol. The van der Waals surface area contributed by atoms with Gasteiger partial charge in [-0.2, -0.15) is 0 Å². The Morgan fingerprint density at radius 1 is 0.773 bits per heavy atom. The summed E-state index contributed by atoms with van der Waals surface area (Å²) in [6, 6.07) is 24.9. The topological polar surface area (TPSA) is 24.9 Å². The number of rotatable bonds is 3. The maximum atomic E-state index is 4.73. The maximum Gasteiger partial charge on any atom is 0.187 e. The molecule has 0 fully saturated rings. The number of para-hydroxylation sites is 1. The Bertz CT molecular complexity index is 908. The first-order chi connectivity index (χ1) is 10.9. The van der Waals surface area contributed by atoms with E-state index < -0.39 is 0 Å². The smallest absolute Gasteiger partial charge is 0.187 e. The molecule has 3 aromatic carbocycles. The molecule has 0 aliphatic rings. The van der Waals surface area contributed by atoms with E-state index in [0.717, 1.165) is 16.5 Å². The highest BCUT2D eigenvalue weighted by Gasteiger charge is 2.08. The van der Waals surface area contributed by atoms with Crippen molar-refractivity contribution in [2.75, 3.05) is 5.32 Å². The molecule has 22 heavy (non-hydrogen) atoms. The number of benzene rings is 3. The van der Waals surface area contributed by atoms with E-state index in [1.165, 1.54) is 16.3 Å². The quantitative estimate of drug-likeness (QED) is 0.524. The summed E-state index contributed by atoms with van der Waals surface area (Å²) in [4.78, 5) is 4.73. The predicted molar refractivity (Wildman–Crippen MR) is 94.8 cm³/mol. The summed E-state index contributed by atoms with van der Waals surface area (Å²) in [5.74, 6) is 0. The van der Waals surface area contributed by atoms with Crippen LogP contribution in [0.4, 0.5) is 10.8 Å². The van der Waals surface area contributed by atoms with E-state index in [4.69, 9.17) is 4.98 Å². The Balaban J connectivity index is 1.71. The molecule has 106 valence electrons. The zero-order valence-corrected chi connectivity index (χ0v) is 12.7. The van der Waals surface area contributed by atoms with Gasteiger partial charge in [-0.1, -0.05) is 60.7 Å². The molecule has 0 aliphatic heterocycles. The Kier molecular flexibility index (Phi) is 3.33. The van der Waals surface area contributed by atoms with Crippen LogP contribution in [-0.2, 0) is 0 Å². The van der Waals surface area contributed by atoms with Gasteiger partial charge >= 0.3 is 0 Å². The molecular formula is C19H14N2S. The van der Waals surface area contributed by atoms with E-state index in [-0.39, 0.29) is 0 Å². The minimum absolute atomic E-state index is 0.911. The summed E-state index contributed by atoms with van der Waals surface area (Å²) in [6.07, 6.45) is 0. The van der Waals surface area contributed by atoms with Crippen molar-refractivity contribution in [2.45, 2.75) is 0 Å². The van der Waals surface area contributed by atoms with Crippen molar-refractivity contribution in [1.29, 1.82) is 0 Å². The molecule has 0 atom stereocenters. The highest BCUT2D eigenvalue weighted by Crippen LogP contribution is 2.31. The molecule has 2 nitrogen and oxygen atoms in total. The Hall–Kier alpha value is -2.65. The lowest BCUT2D eigenvalue weighted by atomic mass is 10.0. The molecule has 1 aromatic heterocycles. The van der Waals surface area contributed by atoms with Gasteiger partial charge in [0.25, 0.3) is 0 Å². The van der Waals surface area contributed by atoms with Crippen molar-refractivity contribution in [1.82, 2.24) is 4.98 Å². The van der Waals surface area contributed by atoms with Crippen molar-refractivity contribution in [3.8, 4) is 11.3 Å². The molecule has 0 radical (unpaired) electrons. The molecule has 4 aromatic rings. The zero-order valence-electron chi connectivity index (χ0n) is 11.9. The molecule has 0 saturated heterocycles. The lowest BCUT2D eigenvalue weighted by Gasteiger charge is -2.04. The van der Waals surface area contributed by atoms with Gasteiger partial charge in [0, 0.05) is 16.6 Å². The number of nitrogens with zero attached hydrogens (tertiary/aromatic N) is 1. The fourth-order valence-corrected chi connectivity index (χ4v) is 3.28. The highest BCUT2D eigenvalue weighted by atomic mass is 32.1. The Labute approximate surface area is 133 Å². The minimum Gasteiger partial charge on any atom is -0.332 e. The maximum absolute atomic E-state index is 4.73. The number of thiazole rings is 1. The van der Waals surface area contributed by atoms with Gasteiger partial charge in [-0.05, 0) is 22.9 Å². The third-order valence-corrected chi connectivity index (χ3v) is 4.35. The second-order valence-electron chi connectivity index (χ2n) is 5.06. The molecule has 0 spiro atoms. The van der Waals surface area contributed by atoms with Crippen LogP contribution in [0, 0.1) is 0 Å². The van der Waals surface area contributed by atoms with Crippen molar-refractivity contribution < 1.29 is 0 Å². The molecule has 0 unspecified atom stereocenters. The second kappa shape index (κ2) is 5.62. The van der Waals surface area contributed by atoms with Gasteiger partial charge in [-0.3, -0.25) is 0 Å². The van der Waals surface area contributed by atoms with Crippen LogP contribution in [-0.4, -0.2) is 4.98 Å². The third-order valence-electron chi connectivity index (χ3n) is 3.59. The van der Waals surface area contributed by atoms with Gasteiger partial charge in [0.05, 0.1) is 5.69 Å². The van der Waals surface area contributed by atoms with E-state index in [2.05, 4.69) is 53.2 Å². The fourth-order valence-electron chi connectivity index (χ4n) is 2.55. The van der Waals surface area contributed by atoms with Crippen molar-refractivity contribution in [3.05, 3.63) is 78.2 Å². The van der Waals surface area contributed by atoms with E-state index in [0.29, 0.717) is 0 Å². The van der Waals surface area contributed by atoms with Gasteiger partial charge < -0.3 is 5.32 Å². The SMILES string of the molecule is c1ccc(Nc2nc(-c3cccc4ccccc34)cs2)cc1. The molecular weight excluding hydrogens is 288 g/mol. The number of fused-ring (bicyclic) bond motifs is 1. The van der Waals surface area contributed by atoms with Crippen LogP contribution >= 0.6 is 11.3 Å². The van der Waals surface area contributed by atoms with Crippen LogP contribution in [0.25, 0.3) is 22.0 Å². The van der Waals surface area contributed by atoms with Crippen molar-refractivity contribution in [2.24, 2.45) is 0 Å². The van der Waals surface area contributed by atoms with Crippen LogP contribution < -0.4 is 5.32 Å². The highest BCUT2D eigenvalue weighted by molar-refractivity contribution is 7.14. The molecule has 0 bridgehead atoms. The Morgan fingerprint density at radius 2 is 1.55 bits per heavy atom. The van der Waals surface area contributed by atoms with E-state index in [1.54, 1.807) is 11.3 Å². The van der Waals surface area contributed by atoms with Crippen LogP contribution in [0.2, 0.25) is 0 Å². The van der Waals surface area contributed by atoms with E-state index in [9.17, 15) is 0 Å².